The third-order valence-corrected chi connectivity index (χ3v) is 9.45. The average molecular weight is 634 g/mol. The van der Waals surface area contributed by atoms with Crippen LogP contribution in [0.15, 0.2) is 102 Å². The molecule has 0 saturated carbocycles. The maximum Gasteiger partial charge on any atom is 0.261 e. The number of tetrazole rings is 1. The first-order valence-electron chi connectivity index (χ1n) is 15.0. The molecule has 0 unspecified atom stereocenters. The van der Waals surface area contributed by atoms with Crippen molar-refractivity contribution >= 4 is 23.6 Å². The second-order valence-corrected chi connectivity index (χ2v) is 12.3. The van der Waals surface area contributed by atoms with Gasteiger partial charge in [-0.2, -0.15) is 0 Å². The number of imide groups is 1. The highest BCUT2D eigenvalue weighted by molar-refractivity contribution is 7.99. The van der Waals surface area contributed by atoms with Gasteiger partial charge in [0.1, 0.15) is 0 Å². The van der Waals surface area contributed by atoms with Gasteiger partial charge in [-0.05, 0) is 50.4 Å². The Hall–Kier alpha value is -4.68. The van der Waals surface area contributed by atoms with Crippen molar-refractivity contribution in [3.05, 3.63) is 130 Å². The van der Waals surface area contributed by atoms with E-state index in [4.69, 9.17) is 9.47 Å². The molecule has 4 aromatic carbocycles. The lowest BCUT2D eigenvalue weighted by Crippen LogP contribution is -2.31. The fraction of sp³-hybridized carbons (Fsp3) is 0.229. The fourth-order valence-electron chi connectivity index (χ4n) is 5.85. The van der Waals surface area contributed by atoms with E-state index < -0.39 is 6.29 Å². The lowest BCUT2D eigenvalue weighted by atomic mass is 9.97. The first-order valence-corrected chi connectivity index (χ1v) is 16.0. The number of ether oxygens (including phenoxy) is 2. The Kier molecular flexibility index (Phi) is 8.46. The van der Waals surface area contributed by atoms with Crippen molar-refractivity contribution < 1.29 is 24.2 Å². The Morgan fingerprint density at radius 3 is 2.13 bits per heavy atom. The van der Waals surface area contributed by atoms with Gasteiger partial charge in [0.15, 0.2) is 6.29 Å². The second kappa shape index (κ2) is 13.0. The van der Waals surface area contributed by atoms with Gasteiger partial charge >= 0.3 is 0 Å². The van der Waals surface area contributed by atoms with E-state index in [1.807, 2.05) is 72.8 Å². The van der Waals surface area contributed by atoms with Crippen LogP contribution in [0.4, 0.5) is 0 Å². The van der Waals surface area contributed by atoms with E-state index in [0.717, 1.165) is 33.4 Å². The SMILES string of the molecule is Cn1nnnc1SC[C@H]1C[C@@H](c2ccc(CO)cc2)O[C@@H](c2ccc(-c3ccccc3CN3C(=O)c4ccccc4C3=O)cc2)O1. The third-order valence-electron chi connectivity index (χ3n) is 8.31. The number of aromatic nitrogens is 4. The monoisotopic (exact) mass is 633 g/mol. The minimum absolute atomic E-state index is 0.0175. The van der Waals surface area contributed by atoms with Crippen LogP contribution in [0.2, 0.25) is 0 Å². The molecule has 0 aliphatic carbocycles. The van der Waals surface area contributed by atoms with Crippen molar-refractivity contribution in [3.63, 3.8) is 0 Å². The summed E-state index contributed by atoms with van der Waals surface area (Å²) in [7, 11) is 1.81. The zero-order chi connectivity index (χ0) is 31.6. The van der Waals surface area contributed by atoms with E-state index in [1.54, 1.807) is 36.0 Å². The molecule has 2 aliphatic rings. The van der Waals surface area contributed by atoms with Gasteiger partial charge in [-0.15, -0.1) is 5.10 Å². The second-order valence-electron chi connectivity index (χ2n) is 11.3. The molecular weight excluding hydrogens is 602 g/mol. The molecule has 0 radical (unpaired) electrons. The molecule has 5 aromatic rings. The van der Waals surface area contributed by atoms with Crippen molar-refractivity contribution in [2.75, 3.05) is 5.75 Å². The molecule has 3 heterocycles. The lowest BCUT2D eigenvalue weighted by molar-refractivity contribution is -0.245. The molecule has 46 heavy (non-hydrogen) atoms. The van der Waals surface area contributed by atoms with Crippen LogP contribution in [0.3, 0.4) is 0 Å². The third kappa shape index (κ3) is 5.97. The first kappa shape index (κ1) is 30.0. The van der Waals surface area contributed by atoms with Crippen molar-refractivity contribution in [2.45, 2.75) is 43.2 Å². The van der Waals surface area contributed by atoms with Gasteiger partial charge in [0, 0.05) is 24.8 Å². The summed E-state index contributed by atoms with van der Waals surface area (Å²) >= 11 is 1.53. The highest BCUT2D eigenvalue weighted by atomic mass is 32.2. The number of rotatable bonds is 9. The number of thioether (sulfide) groups is 1. The highest BCUT2D eigenvalue weighted by Crippen LogP contribution is 2.40. The van der Waals surface area contributed by atoms with Crippen molar-refractivity contribution in [1.29, 1.82) is 0 Å². The summed E-state index contributed by atoms with van der Waals surface area (Å²) in [5.41, 5.74) is 6.36. The number of amides is 2. The average Bonchev–Trinajstić information content (AvgIpc) is 3.63. The van der Waals surface area contributed by atoms with Crippen molar-refractivity contribution in [3.8, 4) is 11.1 Å². The number of carbonyl (C=O) groups is 2. The summed E-state index contributed by atoms with van der Waals surface area (Å²) in [5, 5.41) is 21.9. The van der Waals surface area contributed by atoms with Gasteiger partial charge in [-0.25, -0.2) is 4.68 Å². The lowest BCUT2D eigenvalue weighted by Gasteiger charge is -2.36. The molecule has 11 heteroatoms. The van der Waals surface area contributed by atoms with Crippen LogP contribution in [0.5, 0.6) is 0 Å². The maximum atomic E-state index is 13.1. The molecule has 232 valence electrons. The van der Waals surface area contributed by atoms with E-state index in [9.17, 15) is 14.7 Å². The number of carbonyl (C=O) groups excluding carboxylic acids is 2. The Bertz CT molecular complexity index is 1840. The number of aryl methyl sites for hydroxylation is 1. The predicted octanol–water partition coefficient (Wildman–Crippen LogP) is 5.50. The number of fused-ring (bicyclic) bond motifs is 1. The molecule has 10 nitrogen and oxygen atoms in total. The molecule has 1 N–H and O–H groups in total. The van der Waals surface area contributed by atoms with Crippen LogP contribution in [0.25, 0.3) is 11.1 Å². The maximum absolute atomic E-state index is 13.1. The molecule has 0 bridgehead atoms. The van der Waals surface area contributed by atoms with Crippen LogP contribution >= 0.6 is 11.8 Å². The quantitative estimate of drug-likeness (QED) is 0.166. The summed E-state index contributed by atoms with van der Waals surface area (Å²) in [6, 6.07) is 30.5. The van der Waals surface area contributed by atoms with Gasteiger partial charge in [-0.1, -0.05) is 96.7 Å². The molecule has 0 spiro atoms. The number of benzene rings is 4. The zero-order valence-electron chi connectivity index (χ0n) is 25.0. The minimum Gasteiger partial charge on any atom is -0.392 e. The molecular formula is C35H31N5O5S. The normalized spacial score (nSPS) is 19.4. The molecule has 1 aromatic heterocycles. The number of hydrogen-bond donors (Lipinski definition) is 1. The Morgan fingerprint density at radius 2 is 1.48 bits per heavy atom. The van der Waals surface area contributed by atoms with Crippen LogP contribution in [0, 0.1) is 0 Å². The van der Waals surface area contributed by atoms with Crippen LogP contribution < -0.4 is 0 Å². The molecule has 3 atom stereocenters. The first-order chi connectivity index (χ1) is 22.5. The van der Waals surface area contributed by atoms with Gasteiger partial charge in [0.25, 0.3) is 11.8 Å². The van der Waals surface area contributed by atoms with Gasteiger partial charge < -0.3 is 14.6 Å². The van der Waals surface area contributed by atoms with Crippen LogP contribution in [-0.4, -0.2) is 53.9 Å². The number of nitrogens with zero attached hydrogens (tertiary/aromatic N) is 5. The smallest absolute Gasteiger partial charge is 0.261 e. The topological polar surface area (TPSA) is 120 Å². The van der Waals surface area contributed by atoms with Crippen LogP contribution in [-0.2, 0) is 29.7 Å². The van der Waals surface area contributed by atoms with Crippen molar-refractivity contribution in [1.82, 2.24) is 25.1 Å². The van der Waals surface area contributed by atoms with E-state index in [-0.39, 0.29) is 37.2 Å². The zero-order valence-corrected chi connectivity index (χ0v) is 25.8. The van der Waals surface area contributed by atoms with Gasteiger partial charge in [0.2, 0.25) is 5.16 Å². The summed E-state index contributed by atoms with van der Waals surface area (Å²) in [6.45, 7) is 0.159. The highest BCUT2D eigenvalue weighted by Gasteiger charge is 2.36. The summed E-state index contributed by atoms with van der Waals surface area (Å²) in [6.07, 6.45) is -0.309. The summed E-state index contributed by atoms with van der Waals surface area (Å²) in [5.74, 6) is 0.0878. The molecule has 1 fully saturated rings. The van der Waals surface area contributed by atoms with Crippen LogP contribution in [0.1, 0.15) is 61.8 Å². The van der Waals surface area contributed by atoms with Gasteiger partial charge in [-0.3, -0.25) is 14.5 Å². The van der Waals surface area contributed by atoms with E-state index in [2.05, 4.69) is 15.5 Å². The summed E-state index contributed by atoms with van der Waals surface area (Å²) in [4.78, 5) is 27.4. The standard InChI is InChI=1S/C35H31N5O5S/c1-39-35(36-37-38-39)46-21-27-18-31(24-12-10-22(20-41)11-13-24)45-34(44-27)25-16-14-23(15-17-25)28-7-3-2-6-26(28)19-40-32(42)29-8-4-5-9-30(29)33(40)43/h2-17,27,31,34,41H,18-21H2,1H3/t27-,31+,34+/m1/s1. The minimum atomic E-state index is -0.609. The van der Waals surface area contributed by atoms with Gasteiger partial charge in [0.05, 0.1) is 36.5 Å². The Labute approximate surface area is 270 Å². The number of aliphatic hydroxyl groups is 1. The summed E-state index contributed by atoms with van der Waals surface area (Å²) < 4.78 is 14.6. The van der Waals surface area contributed by atoms with E-state index >= 15 is 0 Å². The number of aliphatic hydroxyl groups excluding tert-OH is 1. The molecule has 1 saturated heterocycles. The molecule has 2 amide bonds. The predicted molar refractivity (Wildman–Crippen MR) is 170 cm³/mol. The fourth-order valence-corrected chi connectivity index (χ4v) is 6.71. The van der Waals surface area contributed by atoms with Crippen molar-refractivity contribution in [2.24, 2.45) is 7.05 Å². The van der Waals surface area contributed by atoms with E-state index in [0.29, 0.717) is 28.5 Å². The Balaban J connectivity index is 1.11. The Morgan fingerprint density at radius 1 is 0.826 bits per heavy atom. The number of hydrogen-bond acceptors (Lipinski definition) is 9. The molecule has 2 aliphatic heterocycles. The molecule has 7 rings (SSSR count). The largest absolute Gasteiger partial charge is 0.392 e. The van der Waals surface area contributed by atoms with E-state index in [1.165, 1.54) is 16.7 Å².